The van der Waals surface area contributed by atoms with Gasteiger partial charge in [0.05, 0.1) is 5.02 Å². The molecular formula is C17H11ClN2O4. The Morgan fingerprint density at radius 2 is 1.92 bits per heavy atom. The van der Waals surface area contributed by atoms with E-state index >= 15 is 0 Å². The van der Waals surface area contributed by atoms with Gasteiger partial charge in [0.15, 0.2) is 17.8 Å². The second kappa shape index (κ2) is 6.55. The molecule has 0 saturated heterocycles. The van der Waals surface area contributed by atoms with E-state index in [1.54, 1.807) is 30.3 Å². The third-order valence-electron chi connectivity index (χ3n) is 3.21. The van der Waals surface area contributed by atoms with E-state index in [9.17, 15) is 9.59 Å². The van der Waals surface area contributed by atoms with Gasteiger partial charge in [-0.2, -0.15) is 0 Å². The number of aromatic nitrogens is 1. The Hall–Kier alpha value is -3.12. The molecule has 1 aromatic heterocycles. The number of carbonyl (C=O) groups is 2. The third kappa shape index (κ3) is 3.13. The largest absolute Gasteiger partial charge is 0.442 e. The average molecular weight is 343 g/mol. The lowest BCUT2D eigenvalue weighted by molar-refractivity contribution is 0.0728. The molecule has 1 amide bonds. The fourth-order valence-electron chi connectivity index (χ4n) is 2.10. The van der Waals surface area contributed by atoms with Crippen LogP contribution in [0.25, 0.3) is 11.3 Å². The maximum atomic E-state index is 12.4. The van der Waals surface area contributed by atoms with Crippen LogP contribution in [-0.4, -0.2) is 16.9 Å². The molecule has 0 fully saturated rings. The normalized spacial score (nSPS) is 10.4. The number of nitrogens with zero attached hydrogens (tertiary/aromatic N) is 1. The first kappa shape index (κ1) is 15.8. The molecule has 0 aliphatic rings. The SMILES string of the molecule is NC(=O)c1cccc(OC(=O)c2ncoc2-c2ccccc2Cl)c1. The minimum Gasteiger partial charge on any atom is -0.442 e. The quantitative estimate of drug-likeness (QED) is 0.579. The first-order chi connectivity index (χ1) is 11.6. The lowest BCUT2D eigenvalue weighted by atomic mass is 10.1. The van der Waals surface area contributed by atoms with E-state index in [0.717, 1.165) is 6.39 Å². The van der Waals surface area contributed by atoms with Crippen molar-refractivity contribution in [2.45, 2.75) is 0 Å². The van der Waals surface area contributed by atoms with Crippen molar-refractivity contribution in [2.24, 2.45) is 5.73 Å². The molecule has 0 aliphatic heterocycles. The number of amides is 1. The van der Waals surface area contributed by atoms with Crippen molar-refractivity contribution in [3.05, 3.63) is 71.2 Å². The number of carbonyl (C=O) groups excluding carboxylic acids is 2. The van der Waals surface area contributed by atoms with Gasteiger partial charge >= 0.3 is 5.97 Å². The maximum Gasteiger partial charge on any atom is 0.366 e. The summed E-state index contributed by atoms with van der Waals surface area (Å²) >= 11 is 6.12. The Morgan fingerprint density at radius 3 is 2.67 bits per heavy atom. The predicted molar refractivity (Wildman–Crippen MR) is 86.9 cm³/mol. The van der Waals surface area contributed by atoms with Crippen molar-refractivity contribution < 1.29 is 18.7 Å². The number of hydrogen-bond acceptors (Lipinski definition) is 5. The monoisotopic (exact) mass is 342 g/mol. The number of ether oxygens (including phenoxy) is 1. The number of halogens is 1. The number of benzene rings is 2. The molecule has 6 nitrogen and oxygen atoms in total. The summed E-state index contributed by atoms with van der Waals surface area (Å²) in [5.41, 5.74) is 5.93. The van der Waals surface area contributed by atoms with Gasteiger partial charge < -0.3 is 14.9 Å². The van der Waals surface area contributed by atoms with Crippen molar-refractivity contribution in [2.75, 3.05) is 0 Å². The summed E-state index contributed by atoms with van der Waals surface area (Å²) < 4.78 is 10.5. The molecule has 0 atom stereocenters. The molecule has 0 aliphatic carbocycles. The van der Waals surface area contributed by atoms with Crippen LogP contribution in [0.5, 0.6) is 5.75 Å². The number of oxazole rings is 1. The highest BCUT2D eigenvalue weighted by Gasteiger charge is 2.22. The van der Waals surface area contributed by atoms with Crippen LogP contribution < -0.4 is 10.5 Å². The van der Waals surface area contributed by atoms with E-state index in [4.69, 9.17) is 26.5 Å². The molecule has 2 aromatic carbocycles. The van der Waals surface area contributed by atoms with Gasteiger partial charge in [-0.05, 0) is 30.3 Å². The summed E-state index contributed by atoms with van der Waals surface area (Å²) in [5, 5.41) is 0.416. The van der Waals surface area contributed by atoms with Crippen LogP contribution in [0.4, 0.5) is 0 Å². The standard InChI is InChI=1S/C17H11ClN2O4/c18-13-7-2-1-6-12(13)15-14(20-9-23-15)17(22)24-11-5-3-4-10(8-11)16(19)21/h1-9H,(H2,19,21). The van der Waals surface area contributed by atoms with Gasteiger partial charge in [-0.1, -0.05) is 29.8 Å². The Kier molecular flexibility index (Phi) is 4.31. The minimum atomic E-state index is -0.736. The minimum absolute atomic E-state index is 0.0208. The van der Waals surface area contributed by atoms with Gasteiger partial charge in [-0.3, -0.25) is 4.79 Å². The lowest BCUT2D eigenvalue weighted by Gasteiger charge is -2.05. The smallest absolute Gasteiger partial charge is 0.366 e. The molecule has 0 saturated carbocycles. The molecule has 3 aromatic rings. The van der Waals surface area contributed by atoms with Gasteiger partial charge in [-0.25, -0.2) is 9.78 Å². The molecule has 1 heterocycles. The molecule has 0 radical (unpaired) electrons. The highest BCUT2D eigenvalue weighted by Crippen LogP contribution is 2.30. The maximum absolute atomic E-state index is 12.4. The van der Waals surface area contributed by atoms with Gasteiger partial charge in [0.1, 0.15) is 5.75 Å². The van der Waals surface area contributed by atoms with Crippen LogP contribution >= 0.6 is 11.6 Å². The zero-order valence-corrected chi connectivity index (χ0v) is 13.0. The molecular weight excluding hydrogens is 332 g/mol. The molecule has 24 heavy (non-hydrogen) atoms. The average Bonchev–Trinajstić information content (AvgIpc) is 3.05. The molecule has 0 spiro atoms. The van der Waals surface area contributed by atoms with Crippen LogP contribution in [0.2, 0.25) is 5.02 Å². The fraction of sp³-hybridized carbons (Fsp3) is 0. The van der Waals surface area contributed by atoms with Crippen molar-refractivity contribution in [1.82, 2.24) is 4.98 Å². The summed E-state index contributed by atoms with van der Waals surface area (Å²) in [6.07, 6.45) is 1.13. The highest BCUT2D eigenvalue weighted by molar-refractivity contribution is 6.33. The molecule has 2 N–H and O–H groups in total. The highest BCUT2D eigenvalue weighted by atomic mass is 35.5. The van der Waals surface area contributed by atoms with E-state index in [-0.39, 0.29) is 22.8 Å². The topological polar surface area (TPSA) is 95.4 Å². The van der Waals surface area contributed by atoms with Crippen LogP contribution in [0.15, 0.2) is 59.3 Å². The fourth-order valence-corrected chi connectivity index (χ4v) is 2.32. The number of rotatable bonds is 4. The van der Waals surface area contributed by atoms with Crippen LogP contribution in [0, 0.1) is 0 Å². The Morgan fingerprint density at radius 1 is 1.12 bits per heavy atom. The summed E-state index contributed by atoms with van der Waals surface area (Å²) in [5.74, 6) is -0.979. The van der Waals surface area contributed by atoms with Crippen LogP contribution in [0.3, 0.4) is 0 Å². The molecule has 7 heteroatoms. The first-order valence-electron chi connectivity index (χ1n) is 6.86. The molecule has 0 bridgehead atoms. The van der Waals surface area contributed by atoms with Gasteiger partial charge in [0, 0.05) is 11.1 Å². The van der Waals surface area contributed by atoms with E-state index in [0.29, 0.717) is 10.6 Å². The Labute approximate surface area is 141 Å². The molecule has 3 rings (SSSR count). The van der Waals surface area contributed by atoms with Crippen LogP contribution in [-0.2, 0) is 0 Å². The van der Waals surface area contributed by atoms with E-state index in [2.05, 4.69) is 4.98 Å². The van der Waals surface area contributed by atoms with Crippen molar-refractivity contribution in [3.8, 4) is 17.1 Å². The van der Waals surface area contributed by atoms with Gasteiger partial charge in [0.2, 0.25) is 5.91 Å². The predicted octanol–water partition coefficient (Wildman–Crippen LogP) is 3.31. The summed E-state index contributed by atoms with van der Waals surface area (Å²) in [4.78, 5) is 27.4. The molecule has 0 unspecified atom stereocenters. The second-order valence-corrected chi connectivity index (χ2v) is 5.20. The number of nitrogens with two attached hydrogens (primary N) is 1. The van der Waals surface area contributed by atoms with Crippen molar-refractivity contribution in [1.29, 1.82) is 0 Å². The summed E-state index contributed by atoms with van der Waals surface area (Å²) in [6.45, 7) is 0. The first-order valence-corrected chi connectivity index (χ1v) is 7.24. The summed E-state index contributed by atoms with van der Waals surface area (Å²) in [6, 6.07) is 12.9. The van der Waals surface area contributed by atoms with E-state index < -0.39 is 11.9 Å². The van der Waals surface area contributed by atoms with Crippen molar-refractivity contribution in [3.63, 3.8) is 0 Å². The van der Waals surface area contributed by atoms with Gasteiger partial charge in [-0.15, -0.1) is 0 Å². The summed E-state index contributed by atoms with van der Waals surface area (Å²) in [7, 11) is 0. The molecule has 120 valence electrons. The number of primary amides is 1. The third-order valence-corrected chi connectivity index (χ3v) is 3.54. The van der Waals surface area contributed by atoms with Crippen molar-refractivity contribution >= 4 is 23.5 Å². The van der Waals surface area contributed by atoms with E-state index in [1.807, 2.05) is 0 Å². The number of esters is 1. The Balaban J connectivity index is 1.90. The lowest BCUT2D eigenvalue weighted by Crippen LogP contribution is -2.13. The second-order valence-electron chi connectivity index (χ2n) is 4.79. The van der Waals surface area contributed by atoms with E-state index in [1.165, 1.54) is 18.2 Å². The Bertz CT molecular complexity index is 920. The zero-order chi connectivity index (χ0) is 17.1. The van der Waals surface area contributed by atoms with Gasteiger partial charge in [0.25, 0.3) is 0 Å². The number of hydrogen-bond donors (Lipinski definition) is 1. The zero-order valence-electron chi connectivity index (χ0n) is 12.2. The van der Waals surface area contributed by atoms with Crippen LogP contribution in [0.1, 0.15) is 20.8 Å².